The molecule has 0 spiro atoms. The quantitative estimate of drug-likeness (QED) is 0.791. The van der Waals surface area contributed by atoms with Gasteiger partial charge < -0.3 is 19.2 Å². The highest BCUT2D eigenvalue weighted by molar-refractivity contribution is 6.03. The van der Waals surface area contributed by atoms with Gasteiger partial charge >= 0.3 is 6.09 Å². The predicted octanol–water partition coefficient (Wildman–Crippen LogP) is 3.69. The van der Waals surface area contributed by atoms with Crippen LogP contribution in [0.5, 0.6) is 5.75 Å². The van der Waals surface area contributed by atoms with E-state index in [1.54, 1.807) is 7.11 Å². The van der Waals surface area contributed by atoms with Crippen molar-refractivity contribution < 1.29 is 19.1 Å². The molecule has 2 heterocycles. The molecule has 28 heavy (non-hydrogen) atoms. The van der Waals surface area contributed by atoms with E-state index in [0.29, 0.717) is 30.8 Å². The van der Waals surface area contributed by atoms with E-state index in [1.165, 1.54) is 0 Å². The minimum Gasteiger partial charge on any atom is -0.497 e. The maximum Gasteiger partial charge on any atom is 0.410 e. The number of likely N-dealkylation sites (tertiary alicyclic amines) is 1. The third-order valence-electron chi connectivity index (χ3n) is 5.60. The van der Waals surface area contributed by atoms with Crippen LogP contribution in [0, 0.1) is 17.8 Å². The van der Waals surface area contributed by atoms with Crippen molar-refractivity contribution in [2.75, 3.05) is 25.1 Å². The standard InChI is InChI=1S/C21H29N3O4/c1-20(2,3)27-19(25)23-11-15-16(12-23)17(15)18-22-28-21(4,5)24(18)13-7-9-14(26-6)10-8-13/h7-10,15-17H,11-12H2,1-6H3/t15-,16+,17?. The number of amides is 1. The second-order valence-electron chi connectivity index (χ2n) is 9.26. The van der Waals surface area contributed by atoms with E-state index in [9.17, 15) is 4.79 Å². The summed E-state index contributed by atoms with van der Waals surface area (Å²) < 4.78 is 10.8. The van der Waals surface area contributed by atoms with E-state index < -0.39 is 11.3 Å². The normalized spacial score (nSPS) is 27.8. The number of fused-ring (bicyclic) bond motifs is 1. The molecule has 1 amide bonds. The molecule has 1 saturated carbocycles. The topological polar surface area (TPSA) is 63.6 Å². The molecular formula is C21H29N3O4. The molecule has 3 atom stereocenters. The molecule has 1 aliphatic carbocycles. The van der Waals surface area contributed by atoms with Crippen LogP contribution < -0.4 is 9.64 Å². The fraction of sp³-hybridized carbons (Fsp3) is 0.619. The first kappa shape index (κ1) is 18.9. The van der Waals surface area contributed by atoms with E-state index in [4.69, 9.17) is 14.3 Å². The summed E-state index contributed by atoms with van der Waals surface area (Å²) in [6, 6.07) is 7.94. The zero-order valence-electron chi connectivity index (χ0n) is 17.4. The van der Waals surface area contributed by atoms with Crippen molar-refractivity contribution in [3.63, 3.8) is 0 Å². The molecule has 0 aromatic heterocycles. The van der Waals surface area contributed by atoms with E-state index in [2.05, 4.69) is 10.1 Å². The van der Waals surface area contributed by atoms with Gasteiger partial charge in [0.05, 0.1) is 7.11 Å². The highest BCUT2D eigenvalue weighted by atomic mass is 16.7. The number of carbonyl (C=O) groups excluding carboxylic acids is 1. The molecule has 1 unspecified atom stereocenters. The van der Waals surface area contributed by atoms with Crippen molar-refractivity contribution >= 4 is 17.6 Å². The van der Waals surface area contributed by atoms with Crippen LogP contribution in [-0.2, 0) is 9.57 Å². The van der Waals surface area contributed by atoms with Crippen LogP contribution in [0.2, 0.25) is 0 Å². The lowest BCUT2D eigenvalue weighted by molar-refractivity contribution is 0.0138. The minimum absolute atomic E-state index is 0.226. The fourth-order valence-electron chi connectivity index (χ4n) is 4.29. The third kappa shape index (κ3) is 3.27. The van der Waals surface area contributed by atoms with E-state index >= 15 is 0 Å². The number of piperidine rings is 1. The number of oxime groups is 1. The lowest BCUT2D eigenvalue weighted by Gasteiger charge is -2.32. The number of carbonyl (C=O) groups is 1. The fourth-order valence-corrected chi connectivity index (χ4v) is 4.29. The number of benzene rings is 1. The first-order chi connectivity index (χ1) is 13.1. The summed E-state index contributed by atoms with van der Waals surface area (Å²) in [5, 5.41) is 4.44. The van der Waals surface area contributed by atoms with Gasteiger partial charge in [0.1, 0.15) is 11.4 Å². The molecule has 1 aromatic carbocycles. The van der Waals surface area contributed by atoms with Crippen molar-refractivity contribution in [1.82, 2.24) is 4.90 Å². The van der Waals surface area contributed by atoms with E-state index in [1.807, 2.05) is 63.8 Å². The van der Waals surface area contributed by atoms with Crippen molar-refractivity contribution in [2.24, 2.45) is 22.9 Å². The maximum absolute atomic E-state index is 12.3. The van der Waals surface area contributed by atoms with Crippen molar-refractivity contribution in [3.05, 3.63) is 24.3 Å². The molecule has 1 saturated heterocycles. The highest BCUT2D eigenvalue weighted by Crippen LogP contribution is 2.55. The van der Waals surface area contributed by atoms with Crippen LogP contribution in [-0.4, -0.2) is 48.4 Å². The summed E-state index contributed by atoms with van der Waals surface area (Å²) in [5.41, 5.74) is 0.00375. The Kier molecular flexibility index (Phi) is 4.25. The molecule has 0 radical (unpaired) electrons. The SMILES string of the molecule is COc1ccc(N2C(C3[C@H]4CN(C(=O)OC(C)(C)C)C[C@@H]34)=NOC2(C)C)cc1. The molecule has 4 rings (SSSR count). The van der Waals surface area contributed by atoms with Crippen molar-refractivity contribution in [3.8, 4) is 5.75 Å². The Morgan fingerprint density at radius 2 is 1.79 bits per heavy atom. The van der Waals surface area contributed by atoms with Gasteiger partial charge in [-0.25, -0.2) is 4.79 Å². The second kappa shape index (κ2) is 6.29. The van der Waals surface area contributed by atoms with Crippen LogP contribution in [0.4, 0.5) is 10.5 Å². The number of amidine groups is 1. The number of anilines is 1. The summed E-state index contributed by atoms with van der Waals surface area (Å²) in [6.45, 7) is 11.1. The molecular weight excluding hydrogens is 358 g/mol. The van der Waals surface area contributed by atoms with Gasteiger partial charge in [-0.3, -0.25) is 4.90 Å². The van der Waals surface area contributed by atoms with Crippen molar-refractivity contribution in [1.29, 1.82) is 0 Å². The first-order valence-corrected chi connectivity index (χ1v) is 9.79. The highest BCUT2D eigenvalue weighted by Gasteiger charge is 2.62. The number of rotatable bonds is 3. The molecule has 7 heteroatoms. The van der Waals surface area contributed by atoms with Gasteiger partial charge in [-0.15, -0.1) is 0 Å². The first-order valence-electron chi connectivity index (χ1n) is 9.79. The van der Waals surface area contributed by atoms with Gasteiger partial charge in [-0.1, -0.05) is 5.16 Å². The van der Waals surface area contributed by atoms with Crippen LogP contribution >= 0.6 is 0 Å². The average Bonchev–Trinajstić information content (AvgIpc) is 2.96. The van der Waals surface area contributed by atoms with Gasteiger partial charge in [0.15, 0.2) is 5.84 Å². The molecule has 3 aliphatic rings. The molecule has 0 N–H and O–H groups in total. The summed E-state index contributed by atoms with van der Waals surface area (Å²) in [6.07, 6.45) is -0.226. The third-order valence-corrected chi connectivity index (χ3v) is 5.60. The Bertz CT molecular complexity index is 785. The predicted molar refractivity (Wildman–Crippen MR) is 106 cm³/mol. The van der Waals surface area contributed by atoms with Gasteiger partial charge in [0, 0.05) is 24.7 Å². The Labute approximate surface area is 166 Å². The Balaban J connectivity index is 1.46. The summed E-state index contributed by atoms with van der Waals surface area (Å²) in [4.78, 5) is 22.1. The zero-order valence-corrected chi connectivity index (χ0v) is 17.4. The molecule has 1 aromatic rings. The number of ether oxygens (including phenoxy) is 2. The number of hydrogen-bond donors (Lipinski definition) is 0. The van der Waals surface area contributed by atoms with Crippen LogP contribution in [0.25, 0.3) is 0 Å². The minimum atomic E-state index is -0.550. The number of nitrogens with zero attached hydrogens (tertiary/aromatic N) is 3. The zero-order chi connectivity index (χ0) is 20.3. The Morgan fingerprint density at radius 1 is 1.18 bits per heavy atom. The summed E-state index contributed by atoms with van der Waals surface area (Å²) >= 11 is 0. The summed E-state index contributed by atoms with van der Waals surface area (Å²) in [5.74, 6) is 2.89. The molecule has 2 aliphatic heterocycles. The largest absolute Gasteiger partial charge is 0.497 e. The smallest absolute Gasteiger partial charge is 0.410 e. The molecule has 152 valence electrons. The summed E-state index contributed by atoms with van der Waals surface area (Å²) in [7, 11) is 1.66. The molecule has 2 fully saturated rings. The van der Waals surface area contributed by atoms with Crippen LogP contribution in [0.15, 0.2) is 29.4 Å². The van der Waals surface area contributed by atoms with Gasteiger partial charge in [0.2, 0.25) is 5.72 Å². The lowest BCUT2D eigenvalue weighted by atomic mass is 10.1. The Hall–Kier alpha value is -2.44. The van der Waals surface area contributed by atoms with Crippen LogP contribution in [0.1, 0.15) is 34.6 Å². The maximum atomic E-state index is 12.3. The van der Waals surface area contributed by atoms with Gasteiger partial charge in [-0.2, -0.15) is 0 Å². The number of methoxy groups -OCH3 is 1. The van der Waals surface area contributed by atoms with Crippen LogP contribution in [0.3, 0.4) is 0 Å². The van der Waals surface area contributed by atoms with Gasteiger partial charge in [-0.05, 0) is 70.7 Å². The van der Waals surface area contributed by atoms with Gasteiger partial charge in [0.25, 0.3) is 0 Å². The number of hydrogen-bond acceptors (Lipinski definition) is 6. The van der Waals surface area contributed by atoms with Crippen molar-refractivity contribution in [2.45, 2.75) is 45.9 Å². The molecule has 7 nitrogen and oxygen atoms in total. The van der Waals surface area contributed by atoms with E-state index in [0.717, 1.165) is 17.3 Å². The molecule has 0 bridgehead atoms. The van der Waals surface area contributed by atoms with E-state index in [-0.39, 0.29) is 6.09 Å². The monoisotopic (exact) mass is 387 g/mol. The second-order valence-corrected chi connectivity index (χ2v) is 9.26. The Morgan fingerprint density at radius 3 is 2.32 bits per heavy atom. The lowest BCUT2D eigenvalue weighted by Crippen LogP contribution is -2.46. The average molecular weight is 387 g/mol.